The van der Waals surface area contributed by atoms with E-state index in [1.807, 2.05) is 43.4 Å². The highest BCUT2D eigenvalue weighted by Crippen LogP contribution is 2.38. The summed E-state index contributed by atoms with van der Waals surface area (Å²) in [6.07, 6.45) is 9.37. The summed E-state index contributed by atoms with van der Waals surface area (Å²) in [6, 6.07) is 12.4. The summed E-state index contributed by atoms with van der Waals surface area (Å²) in [4.78, 5) is 34.1. The Labute approximate surface area is 196 Å². The summed E-state index contributed by atoms with van der Waals surface area (Å²) < 4.78 is 5.76. The third kappa shape index (κ3) is 5.61. The Hall–Kier alpha value is -2.73. The van der Waals surface area contributed by atoms with Crippen LogP contribution in [0.2, 0.25) is 0 Å². The molecule has 2 aromatic rings. The first kappa shape index (κ1) is 23.4. The molecule has 176 valence electrons. The molecule has 6 heteroatoms. The van der Waals surface area contributed by atoms with Gasteiger partial charge in [0.15, 0.2) is 0 Å². The number of aromatic nitrogens is 1. The molecule has 2 aliphatic heterocycles. The van der Waals surface area contributed by atoms with Gasteiger partial charge in [0, 0.05) is 46.2 Å². The number of benzene rings is 1. The van der Waals surface area contributed by atoms with Gasteiger partial charge in [0.1, 0.15) is 0 Å². The number of hydrogen-bond acceptors (Lipinski definition) is 4. The molecule has 4 rings (SSSR count). The van der Waals surface area contributed by atoms with Crippen molar-refractivity contribution < 1.29 is 14.3 Å². The summed E-state index contributed by atoms with van der Waals surface area (Å²) in [5.41, 5.74) is 2.82. The first-order valence-corrected chi connectivity index (χ1v) is 12.1. The topological polar surface area (TPSA) is 62.7 Å². The average molecular weight is 450 g/mol. The first-order valence-electron chi connectivity index (χ1n) is 12.1. The molecule has 0 saturated carbocycles. The molecule has 1 atom stereocenters. The lowest BCUT2D eigenvalue weighted by Crippen LogP contribution is -2.51. The summed E-state index contributed by atoms with van der Waals surface area (Å²) in [5.74, 6) is 0.309. The van der Waals surface area contributed by atoms with Gasteiger partial charge in [-0.05, 0) is 61.3 Å². The lowest BCUT2D eigenvalue weighted by molar-refractivity contribution is -0.147. The maximum absolute atomic E-state index is 13.4. The molecule has 1 aromatic heterocycles. The predicted molar refractivity (Wildman–Crippen MR) is 129 cm³/mol. The maximum atomic E-state index is 13.4. The van der Waals surface area contributed by atoms with Gasteiger partial charge < -0.3 is 14.5 Å². The minimum Gasteiger partial charge on any atom is -0.378 e. The number of piperidine rings is 1. The van der Waals surface area contributed by atoms with Crippen LogP contribution in [0.1, 0.15) is 44.1 Å². The number of rotatable bonds is 6. The summed E-state index contributed by atoms with van der Waals surface area (Å²) in [5, 5.41) is 0. The van der Waals surface area contributed by atoms with Crippen molar-refractivity contribution in [2.45, 2.75) is 51.0 Å². The number of pyridine rings is 1. The highest BCUT2D eigenvalue weighted by atomic mass is 16.5. The molecular formula is C27H35N3O3. The van der Waals surface area contributed by atoms with Gasteiger partial charge in [-0.3, -0.25) is 14.6 Å². The highest BCUT2D eigenvalue weighted by Gasteiger charge is 2.43. The SMILES string of the molecule is CN(C)C(=O)C1(Cc2cccc(-c3cccnc3)c2)CCN(C(=O)C[C@H]2CCCCO2)CC1. The van der Waals surface area contributed by atoms with Gasteiger partial charge in [0.2, 0.25) is 11.8 Å². The van der Waals surface area contributed by atoms with Crippen molar-refractivity contribution in [1.29, 1.82) is 0 Å². The van der Waals surface area contributed by atoms with E-state index in [0.717, 1.165) is 42.6 Å². The molecule has 0 unspecified atom stereocenters. The molecule has 1 aromatic carbocycles. The summed E-state index contributed by atoms with van der Waals surface area (Å²) in [6.45, 7) is 2.00. The van der Waals surface area contributed by atoms with Crippen molar-refractivity contribution in [3.05, 3.63) is 54.4 Å². The molecule has 3 heterocycles. The van der Waals surface area contributed by atoms with E-state index in [1.54, 1.807) is 11.1 Å². The Morgan fingerprint density at radius 3 is 2.58 bits per heavy atom. The third-order valence-electron chi connectivity index (χ3n) is 7.07. The Kier molecular flexibility index (Phi) is 7.43. The molecule has 2 amide bonds. The van der Waals surface area contributed by atoms with E-state index in [9.17, 15) is 9.59 Å². The quantitative estimate of drug-likeness (QED) is 0.670. The number of carbonyl (C=O) groups is 2. The van der Waals surface area contributed by atoms with Crippen LogP contribution in [0.3, 0.4) is 0 Å². The molecule has 0 spiro atoms. The van der Waals surface area contributed by atoms with E-state index in [2.05, 4.69) is 23.2 Å². The van der Waals surface area contributed by atoms with Crippen LogP contribution in [0.15, 0.2) is 48.8 Å². The molecule has 0 aliphatic carbocycles. The minimum atomic E-state index is -0.491. The maximum Gasteiger partial charge on any atom is 0.228 e. The van der Waals surface area contributed by atoms with Gasteiger partial charge >= 0.3 is 0 Å². The Balaban J connectivity index is 1.47. The zero-order chi connectivity index (χ0) is 23.3. The van der Waals surface area contributed by atoms with Gasteiger partial charge in [-0.15, -0.1) is 0 Å². The fourth-order valence-corrected chi connectivity index (χ4v) is 5.20. The van der Waals surface area contributed by atoms with Crippen molar-refractivity contribution in [2.24, 2.45) is 5.41 Å². The van der Waals surface area contributed by atoms with Gasteiger partial charge in [-0.2, -0.15) is 0 Å². The van der Waals surface area contributed by atoms with Crippen LogP contribution in [0.25, 0.3) is 11.1 Å². The van der Waals surface area contributed by atoms with Crippen molar-refractivity contribution in [1.82, 2.24) is 14.8 Å². The highest BCUT2D eigenvalue weighted by molar-refractivity contribution is 5.84. The smallest absolute Gasteiger partial charge is 0.228 e. The van der Waals surface area contributed by atoms with Crippen LogP contribution in [-0.4, -0.2) is 66.5 Å². The van der Waals surface area contributed by atoms with Crippen LogP contribution in [0.4, 0.5) is 0 Å². The van der Waals surface area contributed by atoms with Crippen molar-refractivity contribution in [3.63, 3.8) is 0 Å². The van der Waals surface area contributed by atoms with Gasteiger partial charge in [0.25, 0.3) is 0 Å². The molecule has 2 aliphatic rings. The van der Waals surface area contributed by atoms with Crippen molar-refractivity contribution in [3.8, 4) is 11.1 Å². The third-order valence-corrected chi connectivity index (χ3v) is 7.07. The number of nitrogens with zero attached hydrogens (tertiary/aromatic N) is 3. The number of ether oxygens (including phenoxy) is 1. The second-order valence-corrected chi connectivity index (χ2v) is 9.67. The lowest BCUT2D eigenvalue weighted by Gasteiger charge is -2.42. The minimum absolute atomic E-state index is 0.0524. The van der Waals surface area contributed by atoms with Crippen LogP contribution < -0.4 is 0 Å². The molecule has 2 fully saturated rings. The first-order chi connectivity index (χ1) is 16.0. The zero-order valence-electron chi connectivity index (χ0n) is 19.8. The Morgan fingerprint density at radius 2 is 1.91 bits per heavy atom. The summed E-state index contributed by atoms with van der Waals surface area (Å²) in [7, 11) is 3.65. The van der Waals surface area contributed by atoms with Crippen LogP contribution in [0, 0.1) is 5.41 Å². The fraction of sp³-hybridized carbons (Fsp3) is 0.519. The molecular weight excluding hydrogens is 414 g/mol. The number of carbonyl (C=O) groups excluding carboxylic acids is 2. The fourth-order valence-electron chi connectivity index (χ4n) is 5.20. The number of likely N-dealkylation sites (tertiary alicyclic amines) is 1. The number of hydrogen-bond donors (Lipinski definition) is 0. The molecule has 0 bridgehead atoms. The monoisotopic (exact) mass is 449 g/mol. The summed E-state index contributed by atoms with van der Waals surface area (Å²) >= 11 is 0. The molecule has 0 radical (unpaired) electrons. The predicted octanol–water partition coefficient (Wildman–Crippen LogP) is 3.95. The molecule has 6 nitrogen and oxygen atoms in total. The van der Waals surface area contributed by atoms with E-state index in [1.165, 1.54) is 0 Å². The van der Waals surface area contributed by atoms with Crippen LogP contribution in [-0.2, 0) is 20.7 Å². The van der Waals surface area contributed by atoms with E-state index < -0.39 is 5.41 Å². The standard InChI is InChI=1S/C27H35N3O3/c1-29(2)26(32)27(19-21-7-5-8-22(17-21)23-9-6-13-28-20-23)11-14-30(15-12-27)25(31)18-24-10-3-4-16-33-24/h5-9,13,17,20,24H,3-4,10-12,14-16,18-19H2,1-2H3/t24-/m1/s1. The molecule has 0 N–H and O–H groups in total. The Bertz CT molecular complexity index is 946. The molecule has 33 heavy (non-hydrogen) atoms. The average Bonchev–Trinajstić information content (AvgIpc) is 2.85. The van der Waals surface area contributed by atoms with Gasteiger partial charge in [0.05, 0.1) is 17.9 Å². The van der Waals surface area contributed by atoms with E-state index >= 15 is 0 Å². The van der Waals surface area contributed by atoms with E-state index in [0.29, 0.717) is 38.8 Å². The Morgan fingerprint density at radius 1 is 1.12 bits per heavy atom. The van der Waals surface area contributed by atoms with Gasteiger partial charge in [-0.1, -0.05) is 30.3 Å². The number of amides is 2. The second kappa shape index (κ2) is 10.5. The largest absolute Gasteiger partial charge is 0.378 e. The normalized spacial score (nSPS) is 20.3. The van der Waals surface area contributed by atoms with E-state index in [4.69, 9.17) is 4.74 Å². The van der Waals surface area contributed by atoms with E-state index in [-0.39, 0.29) is 17.9 Å². The second-order valence-electron chi connectivity index (χ2n) is 9.67. The van der Waals surface area contributed by atoms with Gasteiger partial charge in [-0.25, -0.2) is 0 Å². The lowest BCUT2D eigenvalue weighted by atomic mass is 9.72. The zero-order valence-corrected chi connectivity index (χ0v) is 19.8. The van der Waals surface area contributed by atoms with Crippen molar-refractivity contribution >= 4 is 11.8 Å². The molecule has 2 saturated heterocycles. The van der Waals surface area contributed by atoms with Crippen LogP contribution >= 0.6 is 0 Å². The van der Waals surface area contributed by atoms with Crippen LogP contribution in [0.5, 0.6) is 0 Å². The van der Waals surface area contributed by atoms with Crippen molar-refractivity contribution in [2.75, 3.05) is 33.8 Å².